The Hall–Kier alpha value is 0.01000. The summed E-state index contributed by atoms with van der Waals surface area (Å²) in [6, 6.07) is 3.12. The SMILES string of the molecule is CCNC(CC1CCC1)c1cc2c(s1)CCSC2. The zero-order valence-corrected chi connectivity index (χ0v) is 12.8. The fraction of sp³-hybridized carbons (Fsp3) is 0.733. The summed E-state index contributed by atoms with van der Waals surface area (Å²) in [5.41, 5.74) is 1.63. The molecule has 3 rings (SSSR count). The minimum absolute atomic E-state index is 0.626. The Balaban J connectivity index is 1.73. The van der Waals surface area contributed by atoms with Crippen molar-refractivity contribution in [1.29, 1.82) is 0 Å². The molecule has 1 aliphatic heterocycles. The lowest BCUT2D eigenvalue weighted by molar-refractivity contribution is 0.264. The van der Waals surface area contributed by atoms with E-state index in [0.717, 1.165) is 12.5 Å². The van der Waals surface area contributed by atoms with Gasteiger partial charge in [-0.25, -0.2) is 0 Å². The smallest absolute Gasteiger partial charge is 0.0417 e. The second-order valence-electron chi connectivity index (χ2n) is 5.54. The lowest BCUT2D eigenvalue weighted by Gasteiger charge is -2.29. The van der Waals surface area contributed by atoms with E-state index in [1.165, 1.54) is 43.6 Å². The van der Waals surface area contributed by atoms with E-state index in [9.17, 15) is 0 Å². The van der Waals surface area contributed by atoms with Gasteiger partial charge in [-0.1, -0.05) is 26.2 Å². The van der Waals surface area contributed by atoms with Crippen molar-refractivity contribution < 1.29 is 0 Å². The van der Waals surface area contributed by atoms with Crippen LogP contribution < -0.4 is 5.32 Å². The van der Waals surface area contributed by atoms with Crippen molar-refractivity contribution in [2.24, 2.45) is 5.92 Å². The zero-order valence-electron chi connectivity index (χ0n) is 11.2. The second kappa shape index (κ2) is 5.98. The highest BCUT2D eigenvalue weighted by atomic mass is 32.2. The first-order chi connectivity index (χ1) is 8.86. The lowest BCUT2D eigenvalue weighted by atomic mass is 9.80. The van der Waals surface area contributed by atoms with Crippen molar-refractivity contribution in [1.82, 2.24) is 5.32 Å². The minimum atomic E-state index is 0.626. The van der Waals surface area contributed by atoms with Crippen molar-refractivity contribution in [3.8, 4) is 0 Å². The topological polar surface area (TPSA) is 12.0 Å². The normalized spacial score (nSPS) is 21.4. The number of hydrogen-bond donors (Lipinski definition) is 1. The highest BCUT2D eigenvalue weighted by molar-refractivity contribution is 7.98. The number of thioether (sulfide) groups is 1. The molecule has 1 aromatic heterocycles. The first-order valence-corrected chi connectivity index (χ1v) is 9.26. The van der Waals surface area contributed by atoms with Gasteiger partial charge in [-0.05, 0) is 42.7 Å². The Kier molecular flexibility index (Phi) is 4.32. The molecule has 100 valence electrons. The van der Waals surface area contributed by atoms with Crippen LogP contribution in [-0.2, 0) is 12.2 Å². The molecule has 18 heavy (non-hydrogen) atoms. The maximum absolute atomic E-state index is 3.71. The highest BCUT2D eigenvalue weighted by Gasteiger charge is 2.25. The van der Waals surface area contributed by atoms with Crippen LogP contribution >= 0.6 is 23.1 Å². The summed E-state index contributed by atoms with van der Waals surface area (Å²) in [5, 5.41) is 3.71. The van der Waals surface area contributed by atoms with Gasteiger partial charge in [0.1, 0.15) is 0 Å². The van der Waals surface area contributed by atoms with Crippen LogP contribution in [0.25, 0.3) is 0 Å². The number of nitrogens with one attached hydrogen (secondary N) is 1. The molecule has 1 saturated carbocycles. The van der Waals surface area contributed by atoms with E-state index < -0.39 is 0 Å². The summed E-state index contributed by atoms with van der Waals surface area (Å²) in [5.74, 6) is 3.55. The molecule has 1 fully saturated rings. The molecular weight excluding hydrogens is 258 g/mol. The quantitative estimate of drug-likeness (QED) is 0.859. The van der Waals surface area contributed by atoms with Gasteiger partial charge in [0.05, 0.1) is 0 Å². The van der Waals surface area contributed by atoms with E-state index in [4.69, 9.17) is 0 Å². The van der Waals surface area contributed by atoms with Gasteiger partial charge in [0, 0.05) is 21.5 Å². The molecule has 2 aliphatic rings. The maximum Gasteiger partial charge on any atom is 0.0417 e. The molecule has 1 unspecified atom stereocenters. The fourth-order valence-corrected chi connectivity index (χ4v) is 5.41. The monoisotopic (exact) mass is 281 g/mol. The van der Waals surface area contributed by atoms with Crippen molar-refractivity contribution in [3.05, 3.63) is 21.4 Å². The molecule has 1 aromatic rings. The molecule has 3 heteroatoms. The van der Waals surface area contributed by atoms with Crippen molar-refractivity contribution >= 4 is 23.1 Å². The molecule has 1 nitrogen and oxygen atoms in total. The Bertz CT molecular complexity index is 372. The Morgan fingerprint density at radius 1 is 1.44 bits per heavy atom. The molecular formula is C15H23NS2. The Morgan fingerprint density at radius 3 is 3.00 bits per heavy atom. The van der Waals surface area contributed by atoms with Crippen LogP contribution in [0.5, 0.6) is 0 Å². The second-order valence-corrected chi connectivity index (χ2v) is 7.82. The first kappa shape index (κ1) is 13.0. The van der Waals surface area contributed by atoms with Gasteiger partial charge >= 0.3 is 0 Å². The van der Waals surface area contributed by atoms with E-state index in [0.29, 0.717) is 6.04 Å². The molecule has 0 saturated heterocycles. The third-order valence-corrected chi connectivity index (χ3v) is 6.59. The summed E-state index contributed by atoms with van der Waals surface area (Å²) in [6.07, 6.45) is 7.04. The zero-order chi connectivity index (χ0) is 12.4. The third kappa shape index (κ3) is 2.78. The summed E-state index contributed by atoms with van der Waals surface area (Å²) in [6.45, 7) is 3.33. The molecule has 0 aromatic carbocycles. The van der Waals surface area contributed by atoms with Crippen molar-refractivity contribution in [3.63, 3.8) is 0 Å². The van der Waals surface area contributed by atoms with Gasteiger partial charge in [-0.2, -0.15) is 11.8 Å². The predicted molar refractivity (Wildman–Crippen MR) is 82.6 cm³/mol. The summed E-state index contributed by atoms with van der Waals surface area (Å²) >= 11 is 4.18. The maximum atomic E-state index is 3.71. The van der Waals surface area contributed by atoms with Crippen LogP contribution in [0.4, 0.5) is 0 Å². The van der Waals surface area contributed by atoms with Gasteiger partial charge in [0.25, 0.3) is 0 Å². The van der Waals surface area contributed by atoms with Crippen molar-refractivity contribution in [2.45, 2.75) is 50.8 Å². The number of aryl methyl sites for hydroxylation is 1. The van der Waals surface area contributed by atoms with Crippen LogP contribution in [0.3, 0.4) is 0 Å². The van der Waals surface area contributed by atoms with E-state index in [2.05, 4.69) is 41.4 Å². The number of rotatable bonds is 5. The average Bonchev–Trinajstić information content (AvgIpc) is 2.75. The number of fused-ring (bicyclic) bond motifs is 1. The average molecular weight is 281 g/mol. The van der Waals surface area contributed by atoms with Gasteiger partial charge in [-0.15, -0.1) is 11.3 Å². The molecule has 0 bridgehead atoms. The van der Waals surface area contributed by atoms with E-state index in [1.54, 1.807) is 15.3 Å². The van der Waals surface area contributed by atoms with Gasteiger partial charge in [0.15, 0.2) is 0 Å². The minimum Gasteiger partial charge on any atom is -0.310 e. The van der Waals surface area contributed by atoms with Crippen molar-refractivity contribution in [2.75, 3.05) is 12.3 Å². The van der Waals surface area contributed by atoms with Gasteiger partial charge in [-0.3, -0.25) is 0 Å². The Morgan fingerprint density at radius 2 is 2.33 bits per heavy atom. The van der Waals surface area contributed by atoms with E-state index in [-0.39, 0.29) is 0 Å². The van der Waals surface area contributed by atoms with E-state index >= 15 is 0 Å². The van der Waals surface area contributed by atoms with Gasteiger partial charge < -0.3 is 5.32 Å². The largest absolute Gasteiger partial charge is 0.310 e. The highest BCUT2D eigenvalue weighted by Crippen LogP contribution is 2.39. The predicted octanol–water partition coefficient (Wildman–Crippen LogP) is 4.38. The van der Waals surface area contributed by atoms with Crippen LogP contribution in [0.1, 0.15) is 54.0 Å². The molecule has 0 spiro atoms. The molecule has 0 amide bonds. The Labute approximate surface area is 119 Å². The molecule has 1 aliphatic carbocycles. The lowest BCUT2D eigenvalue weighted by Crippen LogP contribution is -2.25. The van der Waals surface area contributed by atoms with Gasteiger partial charge in [0.2, 0.25) is 0 Å². The number of thiophene rings is 1. The number of hydrogen-bond acceptors (Lipinski definition) is 3. The summed E-state index contributed by atoms with van der Waals surface area (Å²) in [4.78, 5) is 3.27. The fourth-order valence-electron chi connectivity index (χ4n) is 2.95. The molecule has 1 atom stereocenters. The van der Waals surface area contributed by atoms with Crippen LogP contribution in [0.15, 0.2) is 6.07 Å². The standard InChI is InChI=1S/C15H23NS2/c1-2-16-13(8-11-4-3-5-11)15-9-12-10-17-7-6-14(12)18-15/h9,11,13,16H,2-8,10H2,1H3. The molecule has 0 radical (unpaired) electrons. The third-order valence-electron chi connectivity index (χ3n) is 4.23. The summed E-state index contributed by atoms with van der Waals surface area (Å²) < 4.78 is 0. The molecule has 2 heterocycles. The van der Waals surface area contributed by atoms with Crippen LogP contribution in [0, 0.1) is 5.92 Å². The van der Waals surface area contributed by atoms with Crippen LogP contribution in [-0.4, -0.2) is 12.3 Å². The van der Waals surface area contributed by atoms with Crippen LogP contribution in [0.2, 0.25) is 0 Å². The molecule has 1 N–H and O–H groups in total. The van der Waals surface area contributed by atoms with E-state index in [1.807, 2.05) is 0 Å². The first-order valence-electron chi connectivity index (χ1n) is 7.29. The summed E-state index contributed by atoms with van der Waals surface area (Å²) in [7, 11) is 0.